The zero-order chi connectivity index (χ0) is 14.8. The standard InChI is InChI=1S/C17H15FN2O/c1-11-4-5-13(18)9-12(11)10-21-16-7-6-15(19)14-3-2-8-20-17(14)16/h2-9H,10,19H2,1H3. The summed E-state index contributed by atoms with van der Waals surface area (Å²) in [5, 5.41) is 0.853. The summed E-state index contributed by atoms with van der Waals surface area (Å²) in [6, 6.07) is 12.0. The van der Waals surface area contributed by atoms with Gasteiger partial charge in [-0.15, -0.1) is 0 Å². The van der Waals surface area contributed by atoms with Crippen LogP contribution in [-0.2, 0) is 6.61 Å². The van der Waals surface area contributed by atoms with Gasteiger partial charge in [-0.2, -0.15) is 0 Å². The minimum Gasteiger partial charge on any atom is -0.487 e. The van der Waals surface area contributed by atoms with Crippen molar-refractivity contribution in [1.82, 2.24) is 4.98 Å². The van der Waals surface area contributed by atoms with E-state index in [0.717, 1.165) is 16.5 Å². The highest BCUT2D eigenvalue weighted by molar-refractivity contribution is 5.94. The van der Waals surface area contributed by atoms with Gasteiger partial charge >= 0.3 is 0 Å². The smallest absolute Gasteiger partial charge is 0.146 e. The summed E-state index contributed by atoms with van der Waals surface area (Å²) >= 11 is 0. The second kappa shape index (κ2) is 5.40. The third-order valence-electron chi connectivity index (χ3n) is 3.46. The van der Waals surface area contributed by atoms with Crippen LogP contribution in [0.2, 0.25) is 0 Å². The van der Waals surface area contributed by atoms with Crippen LogP contribution in [0.25, 0.3) is 10.9 Å². The predicted octanol–water partition coefficient (Wildman–Crippen LogP) is 3.84. The Balaban J connectivity index is 1.92. The lowest BCUT2D eigenvalue weighted by atomic mass is 10.1. The summed E-state index contributed by atoms with van der Waals surface area (Å²) in [4.78, 5) is 4.32. The number of nitrogens with two attached hydrogens (primary N) is 1. The highest BCUT2D eigenvalue weighted by Gasteiger charge is 2.07. The lowest BCUT2D eigenvalue weighted by Gasteiger charge is -2.11. The zero-order valence-corrected chi connectivity index (χ0v) is 11.6. The van der Waals surface area contributed by atoms with E-state index in [4.69, 9.17) is 10.5 Å². The Morgan fingerprint density at radius 1 is 1.19 bits per heavy atom. The lowest BCUT2D eigenvalue weighted by molar-refractivity contribution is 0.308. The van der Waals surface area contributed by atoms with Crippen molar-refractivity contribution in [2.45, 2.75) is 13.5 Å². The first-order chi connectivity index (χ1) is 10.1. The van der Waals surface area contributed by atoms with Crippen molar-refractivity contribution in [2.24, 2.45) is 0 Å². The molecule has 0 saturated heterocycles. The Labute approximate surface area is 122 Å². The van der Waals surface area contributed by atoms with Crippen LogP contribution in [0.4, 0.5) is 10.1 Å². The Kier molecular flexibility index (Phi) is 3.44. The van der Waals surface area contributed by atoms with Gasteiger partial charge in [0.15, 0.2) is 0 Å². The van der Waals surface area contributed by atoms with Crippen LogP contribution in [0.3, 0.4) is 0 Å². The number of anilines is 1. The first-order valence-electron chi connectivity index (χ1n) is 6.66. The van der Waals surface area contributed by atoms with E-state index in [2.05, 4.69) is 4.98 Å². The molecule has 0 fully saturated rings. The van der Waals surface area contributed by atoms with Crippen LogP contribution in [0, 0.1) is 12.7 Å². The van der Waals surface area contributed by atoms with Crippen molar-refractivity contribution in [3.05, 3.63) is 65.6 Å². The largest absolute Gasteiger partial charge is 0.487 e. The molecule has 0 aliphatic heterocycles. The van der Waals surface area contributed by atoms with Gasteiger partial charge in [-0.25, -0.2) is 4.39 Å². The Hall–Kier alpha value is -2.62. The van der Waals surface area contributed by atoms with Crippen LogP contribution < -0.4 is 10.5 Å². The molecule has 0 spiro atoms. The summed E-state index contributed by atoms with van der Waals surface area (Å²) in [5.41, 5.74) is 9.11. The van der Waals surface area contributed by atoms with Gasteiger partial charge in [-0.1, -0.05) is 6.07 Å². The van der Waals surface area contributed by atoms with E-state index < -0.39 is 0 Å². The highest BCUT2D eigenvalue weighted by atomic mass is 19.1. The Bertz CT molecular complexity index is 802. The molecule has 0 amide bonds. The number of rotatable bonds is 3. The van der Waals surface area contributed by atoms with Crippen molar-refractivity contribution in [2.75, 3.05) is 5.73 Å². The number of pyridine rings is 1. The fraction of sp³-hybridized carbons (Fsp3) is 0.118. The number of halogens is 1. The number of aryl methyl sites for hydroxylation is 1. The van der Waals surface area contributed by atoms with Crippen molar-refractivity contribution in [3.63, 3.8) is 0 Å². The molecule has 2 N–H and O–H groups in total. The molecule has 3 aromatic rings. The number of aromatic nitrogens is 1. The SMILES string of the molecule is Cc1ccc(F)cc1COc1ccc(N)c2cccnc12. The normalized spacial score (nSPS) is 10.8. The number of ether oxygens (including phenoxy) is 1. The molecule has 0 bridgehead atoms. The van der Waals surface area contributed by atoms with Crippen molar-refractivity contribution in [1.29, 1.82) is 0 Å². The third kappa shape index (κ3) is 2.65. The highest BCUT2D eigenvalue weighted by Crippen LogP contribution is 2.28. The maximum Gasteiger partial charge on any atom is 0.146 e. The second-order valence-corrected chi connectivity index (χ2v) is 4.91. The molecule has 0 aliphatic carbocycles. The van der Waals surface area contributed by atoms with Crippen LogP contribution in [0.15, 0.2) is 48.7 Å². The van der Waals surface area contributed by atoms with Crippen molar-refractivity contribution < 1.29 is 9.13 Å². The molecule has 21 heavy (non-hydrogen) atoms. The lowest BCUT2D eigenvalue weighted by Crippen LogP contribution is -2.00. The average molecular weight is 282 g/mol. The minimum absolute atomic E-state index is 0.264. The molecule has 0 saturated carbocycles. The van der Waals surface area contributed by atoms with Crippen LogP contribution in [-0.4, -0.2) is 4.98 Å². The first kappa shape index (κ1) is 13.4. The van der Waals surface area contributed by atoms with Gasteiger partial charge in [0.1, 0.15) is 23.7 Å². The number of hydrogen-bond acceptors (Lipinski definition) is 3. The van der Waals surface area contributed by atoms with Gasteiger partial charge in [0, 0.05) is 17.3 Å². The van der Waals surface area contributed by atoms with E-state index in [1.165, 1.54) is 12.1 Å². The fourth-order valence-electron chi connectivity index (χ4n) is 2.24. The van der Waals surface area contributed by atoms with E-state index >= 15 is 0 Å². The predicted molar refractivity (Wildman–Crippen MR) is 81.6 cm³/mol. The average Bonchev–Trinajstić information content (AvgIpc) is 2.50. The van der Waals surface area contributed by atoms with Crippen LogP contribution in [0.5, 0.6) is 5.75 Å². The molecule has 4 heteroatoms. The van der Waals surface area contributed by atoms with Crippen molar-refractivity contribution >= 4 is 16.6 Å². The van der Waals surface area contributed by atoms with Gasteiger partial charge in [-0.05, 0) is 54.4 Å². The molecule has 3 rings (SSSR count). The van der Waals surface area contributed by atoms with Gasteiger partial charge in [0.25, 0.3) is 0 Å². The number of hydrogen-bond donors (Lipinski definition) is 1. The van der Waals surface area contributed by atoms with E-state index in [0.29, 0.717) is 23.6 Å². The molecular formula is C17H15FN2O. The molecule has 0 unspecified atom stereocenters. The molecule has 0 atom stereocenters. The van der Waals surface area contributed by atoms with Gasteiger partial charge in [0.05, 0.1) is 0 Å². The first-order valence-corrected chi connectivity index (χ1v) is 6.66. The summed E-state index contributed by atoms with van der Waals surface area (Å²) in [6.45, 7) is 2.22. The van der Waals surface area contributed by atoms with Crippen LogP contribution >= 0.6 is 0 Å². The monoisotopic (exact) mass is 282 g/mol. The molecule has 0 aliphatic rings. The molecule has 2 aromatic carbocycles. The molecule has 106 valence electrons. The quantitative estimate of drug-likeness (QED) is 0.742. The molecule has 1 aromatic heterocycles. The van der Waals surface area contributed by atoms with Crippen LogP contribution in [0.1, 0.15) is 11.1 Å². The fourth-order valence-corrected chi connectivity index (χ4v) is 2.24. The van der Waals surface area contributed by atoms with E-state index in [1.54, 1.807) is 24.4 Å². The molecule has 3 nitrogen and oxygen atoms in total. The molecule has 1 heterocycles. The maximum absolute atomic E-state index is 13.3. The number of nitrogen functional groups attached to an aromatic ring is 1. The summed E-state index contributed by atoms with van der Waals surface area (Å²) in [5.74, 6) is 0.378. The molecule has 0 radical (unpaired) electrons. The number of nitrogens with zero attached hydrogens (tertiary/aromatic N) is 1. The summed E-state index contributed by atoms with van der Waals surface area (Å²) in [7, 11) is 0. The van der Waals surface area contributed by atoms with E-state index in [-0.39, 0.29) is 5.82 Å². The Morgan fingerprint density at radius 2 is 2.05 bits per heavy atom. The second-order valence-electron chi connectivity index (χ2n) is 4.91. The third-order valence-corrected chi connectivity index (χ3v) is 3.46. The number of benzene rings is 2. The van der Waals surface area contributed by atoms with E-state index in [9.17, 15) is 4.39 Å². The van der Waals surface area contributed by atoms with Gasteiger partial charge in [-0.3, -0.25) is 4.98 Å². The van der Waals surface area contributed by atoms with Gasteiger partial charge < -0.3 is 10.5 Å². The van der Waals surface area contributed by atoms with Gasteiger partial charge in [0.2, 0.25) is 0 Å². The summed E-state index contributed by atoms with van der Waals surface area (Å²) in [6.07, 6.45) is 1.70. The summed E-state index contributed by atoms with van der Waals surface area (Å²) < 4.78 is 19.1. The molecular weight excluding hydrogens is 267 g/mol. The number of fused-ring (bicyclic) bond motifs is 1. The Morgan fingerprint density at radius 3 is 2.90 bits per heavy atom. The maximum atomic E-state index is 13.3. The van der Waals surface area contributed by atoms with Crippen molar-refractivity contribution in [3.8, 4) is 5.75 Å². The minimum atomic E-state index is -0.264. The topological polar surface area (TPSA) is 48.1 Å². The van der Waals surface area contributed by atoms with E-state index in [1.807, 2.05) is 19.1 Å². The zero-order valence-electron chi connectivity index (χ0n) is 11.6.